The molecule has 1 fully saturated rings. The summed E-state index contributed by atoms with van der Waals surface area (Å²) >= 11 is 0. The van der Waals surface area contributed by atoms with Gasteiger partial charge in [-0.1, -0.05) is 12.1 Å². The molecule has 15 heavy (non-hydrogen) atoms. The van der Waals surface area contributed by atoms with Crippen molar-refractivity contribution in [3.8, 4) is 5.75 Å². The molecule has 1 aromatic carbocycles. The zero-order valence-electron chi connectivity index (χ0n) is 8.74. The van der Waals surface area contributed by atoms with E-state index in [1.807, 2.05) is 12.1 Å². The monoisotopic (exact) mass is 207 g/mol. The molecule has 1 aromatic rings. The number of phenols is 1. The summed E-state index contributed by atoms with van der Waals surface area (Å²) in [5.41, 5.74) is 7.02. The van der Waals surface area contributed by atoms with E-state index in [-0.39, 0.29) is 5.75 Å². The Bertz CT molecular complexity index is 335. The molecule has 0 unspecified atom stereocenters. The smallest absolute Gasteiger partial charge is 0.142 e. The van der Waals surface area contributed by atoms with Gasteiger partial charge in [0.05, 0.1) is 5.69 Å². The van der Waals surface area contributed by atoms with Crippen LogP contribution in [0.25, 0.3) is 0 Å². The second-order valence-electron chi connectivity index (χ2n) is 3.88. The van der Waals surface area contributed by atoms with E-state index in [2.05, 4.69) is 10.2 Å². The van der Waals surface area contributed by atoms with Crippen molar-refractivity contribution in [3.05, 3.63) is 23.8 Å². The lowest BCUT2D eigenvalue weighted by atomic mass is 10.1. The van der Waals surface area contributed by atoms with Gasteiger partial charge in [-0.15, -0.1) is 0 Å². The largest absolute Gasteiger partial charge is 0.505 e. The van der Waals surface area contributed by atoms with E-state index in [1.54, 1.807) is 6.07 Å². The van der Waals surface area contributed by atoms with Gasteiger partial charge in [-0.2, -0.15) is 0 Å². The van der Waals surface area contributed by atoms with Crippen LogP contribution >= 0.6 is 0 Å². The number of aromatic hydroxyl groups is 1. The van der Waals surface area contributed by atoms with E-state index < -0.39 is 0 Å². The predicted octanol–water partition coefficient (Wildman–Crippen LogP) is 0.380. The van der Waals surface area contributed by atoms with E-state index >= 15 is 0 Å². The Kier molecular flexibility index (Phi) is 3.08. The lowest BCUT2D eigenvalue weighted by molar-refractivity contribution is 0.230. The molecule has 1 aliphatic rings. The maximum atomic E-state index is 9.76. The molecular weight excluding hydrogens is 190 g/mol. The number of anilines is 1. The van der Waals surface area contributed by atoms with Crippen molar-refractivity contribution >= 4 is 5.69 Å². The van der Waals surface area contributed by atoms with Crippen LogP contribution in [0.1, 0.15) is 5.56 Å². The number of para-hydroxylation sites is 1. The zero-order valence-corrected chi connectivity index (χ0v) is 8.74. The lowest BCUT2D eigenvalue weighted by Crippen LogP contribution is -2.42. The summed E-state index contributed by atoms with van der Waals surface area (Å²) in [5, 5.41) is 13.1. The van der Waals surface area contributed by atoms with E-state index in [1.165, 1.54) is 0 Å². The molecule has 1 saturated heterocycles. The van der Waals surface area contributed by atoms with Gasteiger partial charge in [0.15, 0.2) is 0 Å². The van der Waals surface area contributed by atoms with E-state index in [0.717, 1.165) is 38.3 Å². The molecule has 0 aromatic heterocycles. The average molecular weight is 207 g/mol. The predicted molar refractivity (Wildman–Crippen MR) is 60.7 cm³/mol. The number of phenolic OH excluding ortho intramolecular Hbond substituents is 1. The molecule has 0 radical (unpaired) electrons. The van der Waals surface area contributed by atoms with Gasteiger partial charge in [0.1, 0.15) is 5.75 Å². The molecule has 0 amide bonds. The van der Waals surface area contributed by atoms with Crippen LogP contribution < -0.4 is 11.1 Å². The number of nitrogens with two attached hydrogens (primary N) is 1. The summed E-state index contributed by atoms with van der Waals surface area (Å²) in [6, 6.07) is 5.52. The maximum absolute atomic E-state index is 9.76. The van der Waals surface area contributed by atoms with E-state index in [4.69, 9.17) is 5.73 Å². The van der Waals surface area contributed by atoms with Crippen LogP contribution in [-0.4, -0.2) is 36.2 Å². The quantitative estimate of drug-likeness (QED) is 0.484. The Morgan fingerprint density at radius 3 is 2.80 bits per heavy atom. The summed E-state index contributed by atoms with van der Waals surface area (Å²) in [5.74, 6) is 0.232. The first kappa shape index (κ1) is 10.3. The van der Waals surface area contributed by atoms with Crippen LogP contribution in [0.4, 0.5) is 5.69 Å². The van der Waals surface area contributed by atoms with Crippen molar-refractivity contribution in [2.45, 2.75) is 6.54 Å². The Balaban J connectivity index is 2.06. The Hall–Kier alpha value is -1.26. The van der Waals surface area contributed by atoms with Crippen LogP contribution in [-0.2, 0) is 6.54 Å². The fourth-order valence-electron chi connectivity index (χ4n) is 1.85. The van der Waals surface area contributed by atoms with Gasteiger partial charge in [-0.05, 0) is 6.07 Å². The molecule has 4 nitrogen and oxygen atoms in total. The van der Waals surface area contributed by atoms with Crippen molar-refractivity contribution in [1.29, 1.82) is 0 Å². The topological polar surface area (TPSA) is 61.5 Å². The first-order valence-corrected chi connectivity index (χ1v) is 5.27. The number of rotatable bonds is 2. The molecule has 0 spiro atoms. The number of benzene rings is 1. The maximum Gasteiger partial charge on any atom is 0.142 e. The number of hydrogen-bond donors (Lipinski definition) is 3. The van der Waals surface area contributed by atoms with Gasteiger partial charge in [-0.25, -0.2) is 0 Å². The van der Waals surface area contributed by atoms with Crippen LogP contribution in [0, 0.1) is 0 Å². The Morgan fingerprint density at radius 1 is 1.33 bits per heavy atom. The SMILES string of the molecule is Nc1cccc(CN2CCNCC2)c1O. The first-order chi connectivity index (χ1) is 7.27. The van der Waals surface area contributed by atoms with Crippen LogP contribution in [0.5, 0.6) is 5.75 Å². The normalized spacial score (nSPS) is 17.9. The molecule has 1 aliphatic heterocycles. The second kappa shape index (κ2) is 4.51. The molecule has 1 heterocycles. The third kappa shape index (κ3) is 2.40. The standard InChI is InChI=1S/C11H17N3O/c12-10-3-1-2-9(11(10)15)8-14-6-4-13-5-7-14/h1-3,13,15H,4-8,12H2. The summed E-state index contributed by atoms with van der Waals surface area (Å²) in [6.07, 6.45) is 0. The number of nitrogens with one attached hydrogen (secondary N) is 1. The highest BCUT2D eigenvalue weighted by Crippen LogP contribution is 2.25. The highest BCUT2D eigenvalue weighted by atomic mass is 16.3. The number of nitrogen functional groups attached to an aromatic ring is 1. The summed E-state index contributed by atoms with van der Waals surface area (Å²) in [4.78, 5) is 2.31. The third-order valence-corrected chi connectivity index (χ3v) is 2.75. The minimum Gasteiger partial charge on any atom is -0.505 e. The van der Waals surface area contributed by atoms with Crippen molar-refractivity contribution in [1.82, 2.24) is 10.2 Å². The Morgan fingerprint density at radius 2 is 2.07 bits per heavy atom. The Labute approximate surface area is 89.7 Å². The number of piperazine rings is 1. The molecule has 2 rings (SSSR count). The van der Waals surface area contributed by atoms with Crippen LogP contribution in [0.15, 0.2) is 18.2 Å². The van der Waals surface area contributed by atoms with Crippen molar-refractivity contribution in [2.75, 3.05) is 31.9 Å². The zero-order chi connectivity index (χ0) is 10.7. The molecule has 0 bridgehead atoms. The fraction of sp³-hybridized carbons (Fsp3) is 0.455. The summed E-state index contributed by atoms with van der Waals surface area (Å²) < 4.78 is 0. The van der Waals surface area contributed by atoms with Crippen LogP contribution in [0.2, 0.25) is 0 Å². The van der Waals surface area contributed by atoms with Crippen molar-refractivity contribution < 1.29 is 5.11 Å². The molecule has 0 atom stereocenters. The molecule has 4 heteroatoms. The van der Waals surface area contributed by atoms with E-state index in [0.29, 0.717) is 5.69 Å². The minimum atomic E-state index is 0.232. The molecule has 4 N–H and O–H groups in total. The van der Waals surface area contributed by atoms with Crippen molar-refractivity contribution in [2.24, 2.45) is 0 Å². The van der Waals surface area contributed by atoms with Gasteiger partial charge < -0.3 is 16.2 Å². The van der Waals surface area contributed by atoms with Gasteiger partial charge in [0.25, 0.3) is 0 Å². The van der Waals surface area contributed by atoms with Gasteiger partial charge in [0.2, 0.25) is 0 Å². The average Bonchev–Trinajstić information content (AvgIpc) is 2.26. The highest BCUT2D eigenvalue weighted by molar-refractivity contribution is 5.55. The summed E-state index contributed by atoms with van der Waals surface area (Å²) in [7, 11) is 0. The second-order valence-corrected chi connectivity index (χ2v) is 3.88. The first-order valence-electron chi connectivity index (χ1n) is 5.27. The van der Waals surface area contributed by atoms with Crippen molar-refractivity contribution in [3.63, 3.8) is 0 Å². The highest BCUT2D eigenvalue weighted by Gasteiger charge is 2.12. The number of nitrogens with zero attached hydrogens (tertiary/aromatic N) is 1. The van der Waals surface area contributed by atoms with Gasteiger partial charge in [0, 0.05) is 38.3 Å². The third-order valence-electron chi connectivity index (χ3n) is 2.75. The lowest BCUT2D eigenvalue weighted by Gasteiger charge is -2.27. The fourth-order valence-corrected chi connectivity index (χ4v) is 1.85. The minimum absolute atomic E-state index is 0.232. The van der Waals surface area contributed by atoms with Gasteiger partial charge >= 0.3 is 0 Å². The summed E-state index contributed by atoms with van der Waals surface area (Å²) in [6.45, 7) is 4.85. The van der Waals surface area contributed by atoms with Gasteiger partial charge in [-0.3, -0.25) is 4.90 Å². The van der Waals surface area contributed by atoms with E-state index in [9.17, 15) is 5.11 Å². The molecule has 0 aliphatic carbocycles. The molecule has 82 valence electrons. The molecule has 0 saturated carbocycles. The number of hydrogen-bond acceptors (Lipinski definition) is 4. The molecular formula is C11H17N3O. The van der Waals surface area contributed by atoms with Crippen LogP contribution in [0.3, 0.4) is 0 Å².